The first-order valence-corrected chi connectivity index (χ1v) is 7.07. The van der Waals surface area contributed by atoms with Gasteiger partial charge in [-0.25, -0.2) is 0 Å². The SMILES string of the molecule is CCC1CNCCN1c1ccc2c(c1)C(=O)N(C)C2=O. The van der Waals surface area contributed by atoms with Gasteiger partial charge in [0.05, 0.1) is 11.1 Å². The van der Waals surface area contributed by atoms with E-state index in [4.69, 9.17) is 0 Å². The fourth-order valence-corrected chi connectivity index (χ4v) is 2.99. The number of hydrogen-bond donors (Lipinski definition) is 1. The zero-order chi connectivity index (χ0) is 14.3. The van der Waals surface area contributed by atoms with Crippen LogP contribution in [0.5, 0.6) is 0 Å². The molecule has 20 heavy (non-hydrogen) atoms. The second-order valence-electron chi connectivity index (χ2n) is 5.36. The summed E-state index contributed by atoms with van der Waals surface area (Å²) >= 11 is 0. The van der Waals surface area contributed by atoms with Crippen molar-refractivity contribution in [1.82, 2.24) is 10.2 Å². The quantitative estimate of drug-likeness (QED) is 0.820. The summed E-state index contributed by atoms with van der Waals surface area (Å²) in [7, 11) is 1.53. The maximum Gasteiger partial charge on any atom is 0.261 e. The molecule has 1 saturated heterocycles. The van der Waals surface area contributed by atoms with Gasteiger partial charge in [-0.3, -0.25) is 14.5 Å². The lowest BCUT2D eigenvalue weighted by Gasteiger charge is -2.37. The molecule has 2 amide bonds. The van der Waals surface area contributed by atoms with Gasteiger partial charge in [0.1, 0.15) is 0 Å². The molecule has 0 aromatic heterocycles. The van der Waals surface area contributed by atoms with Gasteiger partial charge in [-0.15, -0.1) is 0 Å². The Balaban J connectivity index is 1.97. The van der Waals surface area contributed by atoms with Crippen molar-refractivity contribution in [3.63, 3.8) is 0 Å². The number of rotatable bonds is 2. The van der Waals surface area contributed by atoms with Crippen LogP contribution in [0.2, 0.25) is 0 Å². The van der Waals surface area contributed by atoms with Gasteiger partial charge in [0, 0.05) is 38.4 Å². The van der Waals surface area contributed by atoms with E-state index in [0.29, 0.717) is 17.2 Å². The highest BCUT2D eigenvalue weighted by molar-refractivity contribution is 6.21. The summed E-state index contributed by atoms with van der Waals surface area (Å²) in [4.78, 5) is 27.5. The van der Waals surface area contributed by atoms with Crippen molar-refractivity contribution in [3.05, 3.63) is 29.3 Å². The van der Waals surface area contributed by atoms with Gasteiger partial charge in [-0.1, -0.05) is 6.92 Å². The Bertz CT molecular complexity index is 570. The number of amides is 2. The molecular formula is C15H19N3O2. The van der Waals surface area contributed by atoms with Gasteiger partial charge < -0.3 is 10.2 Å². The van der Waals surface area contributed by atoms with Crippen molar-refractivity contribution >= 4 is 17.5 Å². The summed E-state index contributed by atoms with van der Waals surface area (Å²) in [6, 6.07) is 6.04. The smallest absolute Gasteiger partial charge is 0.261 e. The molecule has 1 fully saturated rings. The van der Waals surface area contributed by atoms with Crippen molar-refractivity contribution in [2.45, 2.75) is 19.4 Å². The molecular weight excluding hydrogens is 254 g/mol. The van der Waals surface area contributed by atoms with E-state index in [2.05, 4.69) is 17.1 Å². The van der Waals surface area contributed by atoms with Gasteiger partial charge in [-0.2, -0.15) is 0 Å². The third kappa shape index (κ3) is 1.89. The highest BCUT2D eigenvalue weighted by Gasteiger charge is 2.33. The van der Waals surface area contributed by atoms with Crippen LogP contribution >= 0.6 is 0 Å². The van der Waals surface area contributed by atoms with Gasteiger partial charge in [0.2, 0.25) is 0 Å². The molecule has 1 aromatic rings. The molecule has 2 aliphatic rings. The third-order valence-corrected chi connectivity index (χ3v) is 4.23. The minimum absolute atomic E-state index is 0.199. The van der Waals surface area contributed by atoms with Crippen LogP contribution in [0.4, 0.5) is 5.69 Å². The lowest BCUT2D eigenvalue weighted by atomic mass is 10.1. The molecule has 0 bridgehead atoms. The first-order valence-electron chi connectivity index (χ1n) is 7.07. The van der Waals surface area contributed by atoms with Crippen LogP contribution in [0.25, 0.3) is 0 Å². The van der Waals surface area contributed by atoms with Gasteiger partial charge >= 0.3 is 0 Å². The van der Waals surface area contributed by atoms with E-state index in [9.17, 15) is 9.59 Å². The van der Waals surface area contributed by atoms with Crippen molar-refractivity contribution < 1.29 is 9.59 Å². The molecule has 1 aromatic carbocycles. The van der Waals surface area contributed by atoms with Crippen LogP contribution in [0.3, 0.4) is 0 Å². The highest BCUT2D eigenvalue weighted by atomic mass is 16.2. The second-order valence-corrected chi connectivity index (χ2v) is 5.36. The number of hydrogen-bond acceptors (Lipinski definition) is 4. The van der Waals surface area contributed by atoms with Crippen LogP contribution in [0, 0.1) is 0 Å². The number of anilines is 1. The molecule has 3 rings (SSSR count). The average molecular weight is 273 g/mol. The molecule has 0 spiro atoms. The Morgan fingerprint density at radius 2 is 2.00 bits per heavy atom. The molecule has 1 atom stereocenters. The van der Waals surface area contributed by atoms with Crippen LogP contribution in [-0.4, -0.2) is 49.4 Å². The summed E-state index contributed by atoms with van der Waals surface area (Å²) in [6.45, 7) is 5.00. The van der Waals surface area contributed by atoms with Crippen LogP contribution in [0.15, 0.2) is 18.2 Å². The number of carbonyl (C=O) groups is 2. The Morgan fingerprint density at radius 3 is 2.75 bits per heavy atom. The van der Waals surface area contributed by atoms with Gasteiger partial charge in [0.25, 0.3) is 11.8 Å². The zero-order valence-corrected chi connectivity index (χ0v) is 11.8. The standard InChI is InChI=1S/C15H19N3O2/c1-3-10-9-16-6-7-18(10)11-4-5-12-13(8-11)15(20)17(2)14(12)19/h4-5,8,10,16H,3,6-7,9H2,1-2H3. The maximum atomic E-state index is 12.1. The molecule has 106 valence electrons. The van der Waals surface area contributed by atoms with E-state index in [1.807, 2.05) is 12.1 Å². The molecule has 1 unspecified atom stereocenters. The topological polar surface area (TPSA) is 52.7 Å². The Hall–Kier alpha value is -1.88. The Kier molecular flexibility index (Phi) is 3.22. The van der Waals surface area contributed by atoms with E-state index >= 15 is 0 Å². The summed E-state index contributed by atoms with van der Waals surface area (Å²) in [5, 5.41) is 3.39. The second kappa shape index (κ2) is 4.90. The largest absolute Gasteiger partial charge is 0.366 e. The molecule has 0 saturated carbocycles. The van der Waals surface area contributed by atoms with Crippen molar-refractivity contribution in [2.75, 3.05) is 31.6 Å². The van der Waals surface area contributed by atoms with E-state index in [0.717, 1.165) is 31.7 Å². The Labute approximate surface area is 118 Å². The monoisotopic (exact) mass is 273 g/mol. The summed E-state index contributed by atoms with van der Waals surface area (Å²) in [6.07, 6.45) is 1.05. The number of piperazine rings is 1. The van der Waals surface area contributed by atoms with Crippen LogP contribution in [-0.2, 0) is 0 Å². The highest BCUT2D eigenvalue weighted by Crippen LogP contribution is 2.28. The summed E-state index contributed by atoms with van der Waals surface area (Å²) in [5.41, 5.74) is 2.08. The number of benzene rings is 1. The summed E-state index contributed by atoms with van der Waals surface area (Å²) < 4.78 is 0. The first-order chi connectivity index (χ1) is 9.63. The lowest BCUT2D eigenvalue weighted by molar-refractivity contribution is 0.0693. The molecule has 2 heterocycles. The van der Waals surface area contributed by atoms with Gasteiger partial charge in [0.15, 0.2) is 0 Å². The molecule has 0 radical (unpaired) electrons. The fourth-order valence-electron chi connectivity index (χ4n) is 2.99. The Morgan fingerprint density at radius 1 is 1.25 bits per heavy atom. The average Bonchev–Trinajstić information content (AvgIpc) is 2.71. The van der Waals surface area contributed by atoms with E-state index in [-0.39, 0.29) is 11.8 Å². The maximum absolute atomic E-state index is 12.1. The molecule has 1 N–H and O–H groups in total. The number of fused-ring (bicyclic) bond motifs is 1. The minimum atomic E-state index is -0.205. The molecule has 5 nitrogen and oxygen atoms in total. The van der Waals surface area contributed by atoms with Crippen molar-refractivity contribution in [1.29, 1.82) is 0 Å². The number of nitrogens with zero attached hydrogens (tertiary/aromatic N) is 2. The zero-order valence-electron chi connectivity index (χ0n) is 11.8. The van der Waals surface area contributed by atoms with Crippen LogP contribution < -0.4 is 10.2 Å². The predicted octanol–water partition coefficient (Wildman–Crippen LogP) is 1.10. The number of carbonyl (C=O) groups excluding carboxylic acids is 2. The molecule has 2 aliphatic heterocycles. The number of nitrogens with one attached hydrogen (secondary N) is 1. The predicted molar refractivity (Wildman–Crippen MR) is 77.2 cm³/mol. The fraction of sp³-hybridized carbons (Fsp3) is 0.467. The van der Waals surface area contributed by atoms with E-state index in [1.165, 1.54) is 11.9 Å². The van der Waals surface area contributed by atoms with Gasteiger partial charge in [-0.05, 0) is 24.6 Å². The van der Waals surface area contributed by atoms with Crippen molar-refractivity contribution in [2.24, 2.45) is 0 Å². The van der Waals surface area contributed by atoms with Crippen molar-refractivity contribution in [3.8, 4) is 0 Å². The molecule has 5 heteroatoms. The molecule has 0 aliphatic carbocycles. The number of imide groups is 1. The van der Waals surface area contributed by atoms with E-state index < -0.39 is 0 Å². The lowest BCUT2D eigenvalue weighted by Crippen LogP contribution is -2.51. The van der Waals surface area contributed by atoms with Crippen LogP contribution in [0.1, 0.15) is 34.1 Å². The first kappa shape index (κ1) is 13.1. The summed E-state index contributed by atoms with van der Waals surface area (Å²) in [5.74, 6) is -0.404. The van der Waals surface area contributed by atoms with E-state index in [1.54, 1.807) is 6.07 Å². The normalized spacial score (nSPS) is 22.4. The minimum Gasteiger partial charge on any atom is -0.366 e. The third-order valence-electron chi connectivity index (χ3n) is 4.23.